The largest absolute Gasteiger partial charge is 0.351 e. The highest BCUT2D eigenvalue weighted by Crippen LogP contribution is 2.16. The maximum absolute atomic E-state index is 12.2. The van der Waals surface area contributed by atoms with E-state index in [0.29, 0.717) is 11.6 Å². The Morgan fingerprint density at radius 1 is 1.35 bits per heavy atom. The van der Waals surface area contributed by atoms with Gasteiger partial charge in [0.1, 0.15) is 5.69 Å². The van der Waals surface area contributed by atoms with Crippen molar-refractivity contribution in [2.45, 2.75) is 12.8 Å². The molecule has 0 aliphatic carbocycles. The summed E-state index contributed by atoms with van der Waals surface area (Å²) < 4.78 is 0. The van der Waals surface area contributed by atoms with E-state index in [-0.39, 0.29) is 5.91 Å². The fourth-order valence-corrected chi connectivity index (χ4v) is 2.73. The maximum Gasteiger partial charge on any atom is 0.270 e. The normalized spacial score (nSPS) is 18.3. The molecule has 2 heterocycles. The van der Waals surface area contributed by atoms with Crippen LogP contribution < -0.4 is 10.6 Å². The Bertz CT molecular complexity index is 600. The van der Waals surface area contributed by atoms with E-state index in [1.807, 2.05) is 30.3 Å². The number of rotatable bonds is 4. The van der Waals surface area contributed by atoms with E-state index < -0.39 is 0 Å². The first-order valence-corrected chi connectivity index (χ1v) is 7.17. The number of aromatic nitrogens is 1. The van der Waals surface area contributed by atoms with Gasteiger partial charge in [-0.1, -0.05) is 24.3 Å². The molecule has 1 unspecified atom stereocenters. The first-order valence-electron chi connectivity index (χ1n) is 7.17. The van der Waals surface area contributed by atoms with Crippen LogP contribution in [-0.4, -0.2) is 30.5 Å². The third-order valence-corrected chi connectivity index (χ3v) is 3.89. The average Bonchev–Trinajstić information content (AvgIpc) is 3.00. The van der Waals surface area contributed by atoms with E-state index in [1.165, 1.54) is 6.42 Å². The van der Waals surface area contributed by atoms with Crippen LogP contribution in [0.2, 0.25) is 0 Å². The quantitative estimate of drug-likeness (QED) is 0.892. The Morgan fingerprint density at radius 3 is 3.10 bits per heavy atom. The molecule has 1 atom stereocenters. The maximum atomic E-state index is 12.2. The van der Waals surface area contributed by atoms with Crippen molar-refractivity contribution in [3.63, 3.8) is 0 Å². The molecule has 1 amide bonds. The molecule has 1 fully saturated rings. The molecule has 1 aliphatic heterocycles. The summed E-state index contributed by atoms with van der Waals surface area (Å²) in [5, 5.41) is 8.29. The highest BCUT2D eigenvalue weighted by molar-refractivity contribution is 6.05. The summed E-state index contributed by atoms with van der Waals surface area (Å²) in [7, 11) is 0. The first-order chi connectivity index (χ1) is 9.84. The molecule has 3 rings (SSSR count). The van der Waals surface area contributed by atoms with Crippen molar-refractivity contribution in [3.05, 3.63) is 42.2 Å². The fourth-order valence-electron chi connectivity index (χ4n) is 2.73. The van der Waals surface area contributed by atoms with Crippen LogP contribution in [0.3, 0.4) is 0 Å². The van der Waals surface area contributed by atoms with Crippen molar-refractivity contribution in [2.75, 3.05) is 19.6 Å². The number of hydrogen-bond donors (Lipinski definition) is 2. The molecule has 1 aromatic heterocycles. The Hall–Kier alpha value is -1.94. The van der Waals surface area contributed by atoms with Crippen molar-refractivity contribution >= 4 is 16.7 Å². The second kappa shape index (κ2) is 6.01. The van der Waals surface area contributed by atoms with Crippen LogP contribution in [0, 0.1) is 5.92 Å². The molecule has 0 saturated carbocycles. The van der Waals surface area contributed by atoms with E-state index in [0.717, 1.165) is 36.8 Å². The van der Waals surface area contributed by atoms with E-state index >= 15 is 0 Å². The molecule has 4 nitrogen and oxygen atoms in total. The van der Waals surface area contributed by atoms with Gasteiger partial charge in [-0.25, -0.2) is 0 Å². The standard InChI is InChI=1S/C16H19N3O/c20-16(19-9-6-12-5-8-17-11-12)15-14-4-2-1-3-13(14)7-10-18-15/h1-4,7,10,12,17H,5-6,8-9,11H2,(H,19,20). The van der Waals surface area contributed by atoms with Gasteiger partial charge in [-0.3, -0.25) is 9.78 Å². The topological polar surface area (TPSA) is 54.0 Å². The number of benzene rings is 1. The SMILES string of the molecule is O=C(NCCC1CCNC1)c1nccc2ccccc12. The van der Waals surface area contributed by atoms with Gasteiger partial charge in [0.05, 0.1) is 0 Å². The minimum absolute atomic E-state index is 0.0762. The van der Waals surface area contributed by atoms with Gasteiger partial charge in [0, 0.05) is 18.1 Å². The Morgan fingerprint density at radius 2 is 2.25 bits per heavy atom. The minimum Gasteiger partial charge on any atom is -0.351 e. The highest BCUT2D eigenvalue weighted by Gasteiger charge is 2.15. The van der Waals surface area contributed by atoms with E-state index in [2.05, 4.69) is 15.6 Å². The second-order valence-electron chi connectivity index (χ2n) is 5.28. The summed E-state index contributed by atoms with van der Waals surface area (Å²) >= 11 is 0. The average molecular weight is 269 g/mol. The number of carbonyl (C=O) groups excluding carboxylic acids is 1. The van der Waals surface area contributed by atoms with Gasteiger partial charge in [-0.2, -0.15) is 0 Å². The van der Waals surface area contributed by atoms with Crippen LogP contribution >= 0.6 is 0 Å². The molecule has 0 bridgehead atoms. The van der Waals surface area contributed by atoms with Crippen molar-refractivity contribution in [1.82, 2.24) is 15.6 Å². The lowest BCUT2D eigenvalue weighted by Gasteiger charge is -2.10. The zero-order valence-corrected chi connectivity index (χ0v) is 11.4. The number of hydrogen-bond acceptors (Lipinski definition) is 3. The van der Waals surface area contributed by atoms with Crippen LogP contribution in [0.4, 0.5) is 0 Å². The van der Waals surface area contributed by atoms with Crippen molar-refractivity contribution in [2.24, 2.45) is 5.92 Å². The van der Waals surface area contributed by atoms with Gasteiger partial charge in [0.2, 0.25) is 0 Å². The van der Waals surface area contributed by atoms with Crippen molar-refractivity contribution in [3.8, 4) is 0 Å². The molecular formula is C16H19N3O. The van der Waals surface area contributed by atoms with Gasteiger partial charge >= 0.3 is 0 Å². The lowest BCUT2D eigenvalue weighted by Crippen LogP contribution is -2.27. The van der Waals surface area contributed by atoms with Gasteiger partial charge in [0.25, 0.3) is 5.91 Å². The number of pyridine rings is 1. The van der Waals surface area contributed by atoms with Crippen LogP contribution in [-0.2, 0) is 0 Å². The molecule has 1 saturated heterocycles. The fraction of sp³-hybridized carbons (Fsp3) is 0.375. The summed E-state index contributed by atoms with van der Waals surface area (Å²) in [6, 6.07) is 9.77. The van der Waals surface area contributed by atoms with Crippen LogP contribution in [0.25, 0.3) is 10.8 Å². The van der Waals surface area contributed by atoms with E-state index in [9.17, 15) is 4.79 Å². The molecule has 2 aromatic rings. The number of fused-ring (bicyclic) bond motifs is 1. The monoisotopic (exact) mass is 269 g/mol. The highest BCUT2D eigenvalue weighted by atomic mass is 16.1. The van der Waals surface area contributed by atoms with Crippen molar-refractivity contribution < 1.29 is 4.79 Å². The molecule has 0 radical (unpaired) electrons. The molecule has 1 aromatic carbocycles. The predicted octanol–water partition coefficient (Wildman–Crippen LogP) is 1.96. The third kappa shape index (κ3) is 2.80. The van der Waals surface area contributed by atoms with Crippen LogP contribution in [0.1, 0.15) is 23.3 Å². The number of carbonyl (C=O) groups is 1. The summed E-state index contributed by atoms with van der Waals surface area (Å²) in [5.74, 6) is 0.614. The molecule has 0 spiro atoms. The van der Waals surface area contributed by atoms with E-state index in [4.69, 9.17) is 0 Å². The second-order valence-corrected chi connectivity index (χ2v) is 5.28. The van der Waals surface area contributed by atoms with Gasteiger partial charge in [-0.05, 0) is 43.3 Å². The Labute approximate surface area is 118 Å². The summed E-state index contributed by atoms with van der Waals surface area (Å²) in [6.07, 6.45) is 3.93. The first kappa shape index (κ1) is 13.1. The number of nitrogens with one attached hydrogen (secondary N) is 2. The number of nitrogens with zero attached hydrogens (tertiary/aromatic N) is 1. The molecule has 20 heavy (non-hydrogen) atoms. The third-order valence-electron chi connectivity index (χ3n) is 3.89. The van der Waals surface area contributed by atoms with Gasteiger partial charge in [-0.15, -0.1) is 0 Å². The zero-order valence-electron chi connectivity index (χ0n) is 11.4. The van der Waals surface area contributed by atoms with Crippen molar-refractivity contribution in [1.29, 1.82) is 0 Å². The Balaban J connectivity index is 1.66. The minimum atomic E-state index is -0.0762. The van der Waals surface area contributed by atoms with Gasteiger partial charge < -0.3 is 10.6 Å². The lowest BCUT2D eigenvalue weighted by molar-refractivity contribution is 0.0948. The number of amides is 1. The van der Waals surface area contributed by atoms with Crippen LogP contribution in [0.5, 0.6) is 0 Å². The summed E-state index contributed by atoms with van der Waals surface area (Å²) in [6.45, 7) is 2.89. The smallest absolute Gasteiger partial charge is 0.270 e. The predicted molar refractivity (Wildman–Crippen MR) is 79.7 cm³/mol. The molecule has 4 heteroatoms. The zero-order chi connectivity index (χ0) is 13.8. The Kier molecular flexibility index (Phi) is 3.92. The lowest BCUT2D eigenvalue weighted by atomic mass is 10.1. The molecular weight excluding hydrogens is 250 g/mol. The van der Waals surface area contributed by atoms with Crippen LogP contribution in [0.15, 0.2) is 36.5 Å². The molecule has 104 valence electrons. The molecule has 1 aliphatic rings. The summed E-state index contributed by atoms with van der Waals surface area (Å²) in [4.78, 5) is 16.5. The van der Waals surface area contributed by atoms with E-state index in [1.54, 1.807) is 6.20 Å². The summed E-state index contributed by atoms with van der Waals surface area (Å²) in [5.41, 5.74) is 0.521. The molecule has 2 N–H and O–H groups in total. The van der Waals surface area contributed by atoms with Gasteiger partial charge in [0.15, 0.2) is 0 Å².